The fraction of sp³-hybridized carbons (Fsp3) is 0.273. The first kappa shape index (κ1) is 14.1. The minimum Gasteiger partial charge on any atom is -0.477 e. The first-order chi connectivity index (χ1) is 8.39. The number of rotatable bonds is 5. The molecule has 0 amide bonds. The quantitative estimate of drug-likeness (QED) is 0.374. The monoisotopic (exact) mass is 256 g/mol. The van der Waals surface area contributed by atoms with Crippen molar-refractivity contribution in [3.63, 3.8) is 0 Å². The summed E-state index contributed by atoms with van der Waals surface area (Å²) >= 11 is 0. The first-order valence-corrected chi connectivity index (χ1v) is 4.86. The Morgan fingerprint density at radius 2 is 1.78 bits per heavy atom. The maximum atomic E-state index is 11.3. The van der Waals surface area contributed by atoms with Gasteiger partial charge in [-0.25, -0.2) is 9.59 Å². The van der Waals surface area contributed by atoms with Crippen LogP contribution in [0.5, 0.6) is 0 Å². The summed E-state index contributed by atoms with van der Waals surface area (Å²) in [6.07, 6.45) is -1.23. The number of carbonyl (C=O) groups is 2. The van der Waals surface area contributed by atoms with Crippen molar-refractivity contribution < 1.29 is 34.4 Å². The molecule has 0 radical (unpaired) electrons. The molecule has 0 saturated heterocycles. The van der Waals surface area contributed by atoms with E-state index in [1.165, 1.54) is 7.11 Å². The van der Waals surface area contributed by atoms with Crippen LogP contribution >= 0.6 is 0 Å². The van der Waals surface area contributed by atoms with Crippen LogP contribution in [-0.2, 0) is 19.1 Å². The van der Waals surface area contributed by atoms with Crippen LogP contribution in [0.3, 0.4) is 0 Å². The Morgan fingerprint density at radius 1 is 1.22 bits per heavy atom. The SMILES string of the molecule is COC(OC(=O)C(O)(O)C(=O)O)c1ccccc1. The lowest BCUT2D eigenvalue weighted by Crippen LogP contribution is -2.48. The lowest BCUT2D eigenvalue weighted by Gasteiger charge is -2.20. The Kier molecular flexibility index (Phi) is 4.38. The average Bonchev–Trinajstić information content (AvgIpc) is 2.36. The third-order valence-electron chi connectivity index (χ3n) is 2.08. The molecule has 1 atom stereocenters. The van der Waals surface area contributed by atoms with E-state index in [1.807, 2.05) is 0 Å². The molecule has 0 fully saturated rings. The molecule has 98 valence electrons. The standard InChI is InChI=1S/C11H12O7/c1-17-8(7-5-3-2-4-6-7)18-10(14)11(15,16)9(12)13/h2-6,8,15-16H,1H3,(H,12,13). The van der Waals surface area contributed by atoms with E-state index in [0.717, 1.165) is 0 Å². The number of hydrogen-bond acceptors (Lipinski definition) is 6. The Labute approximate surface area is 102 Å². The summed E-state index contributed by atoms with van der Waals surface area (Å²) in [6, 6.07) is 8.16. The number of hydrogen-bond donors (Lipinski definition) is 3. The molecule has 7 nitrogen and oxygen atoms in total. The van der Waals surface area contributed by atoms with Gasteiger partial charge in [0.25, 0.3) is 0 Å². The minimum atomic E-state index is -3.61. The zero-order chi connectivity index (χ0) is 13.8. The Morgan fingerprint density at radius 3 is 2.22 bits per heavy atom. The van der Waals surface area contributed by atoms with Gasteiger partial charge >= 0.3 is 17.7 Å². The largest absolute Gasteiger partial charge is 0.477 e. The Balaban J connectivity index is 2.82. The third-order valence-corrected chi connectivity index (χ3v) is 2.08. The molecular weight excluding hydrogens is 244 g/mol. The van der Waals surface area contributed by atoms with Gasteiger partial charge in [0.05, 0.1) is 0 Å². The van der Waals surface area contributed by atoms with Crippen LogP contribution in [0.1, 0.15) is 11.9 Å². The summed E-state index contributed by atoms with van der Waals surface area (Å²) in [5.41, 5.74) is 0.425. The lowest BCUT2D eigenvalue weighted by molar-refractivity contribution is -0.235. The summed E-state index contributed by atoms with van der Waals surface area (Å²) < 4.78 is 9.39. The van der Waals surface area contributed by atoms with E-state index in [-0.39, 0.29) is 0 Å². The second-order valence-corrected chi connectivity index (χ2v) is 3.36. The van der Waals surface area contributed by atoms with Crippen LogP contribution in [0.2, 0.25) is 0 Å². The Bertz CT molecular complexity index is 426. The molecule has 0 aliphatic rings. The molecule has 1 rings (SSSR count). The number of carboxylic acid groups (broad SMARTS) is 1. The number of esters is 1. The molecule has 3 N–H and O–H groups in total. The van der Waals surface area contributed by atoms with Crippen LogP contribution in [0.15, 0.2) is 30.3 Å². The smallest absolute Gasteiger partial charge is 0.381 e. The number of aliphatic carboxylic acids is 1. The van der Waals surface area contributed by atoms with Crippen LogP contribution in [0.25, 0.3) is 0 Å². The molecule has 1 unspecified atom stereocenters. The van der Waals surface area contributed by atoms with Gasteiger partial charge in [0.2, 0.25) is 6.29 Å². The van der Waals surface area contributed by atoms with Crippen molar-refractivity contribution in [1.29, 1.82) is 0 Å². The molecule has 0 aliphatic carbocycles. The molecular formula is C11H12O7. The van der Waals surface area contributed by atoms with Crippen molar-refractivity contribution in [1.82, 2.24) is 0 Å². The number of methoxy groups -OCH3 is 1. The summed E-state index contributed by atoms with van der Waals surface area (Å²) in [6.45, 7) is 0. The van der Waals surface area contributed by atoms with Crippen molar-refractivity contribution in [2.75, 3.05) is 7.11 Å². The molecule has 0 heterocycles. The van der Waals surface area contributed by atoms with E-state index in [4.69, 9.17) is 20.1 Å². The van der Waals surface area contributed by atoms with E-state index in [2.05, 4.69) is 4.74 Å². The molecule has 1 aromatic carbocycles. The van der Waals surface area contributed by atoms with Crippen molar-refractivity contribution in [2.24, 2.45) is 0 Å². The van der Waals surface area contributed by atoms with E-state index in [0.29, 0.717) is 5.56 Å². The van der Waals surface area contributed by atoms with Crippen LogP contribution < -0.4 is 0 Å². The van der Waals surface area contributed by atoms with Crippen LogP contribution in [-0.4, -0.2) is 40.2 Å². The van der Waals surface area contributed by atoms with Gasteiger partial charge in [-0.2, -0.15) is 0 Å². The maximum Gasteiger partial charge on any atom is 0.381 e. The molecule has 0 aromatic heterocycles. The van der Waals surface area contributed by atoms with Crippen molar-refractivity contribution >= 4 is 11.9 Å². The first-order valence-electron chi connectivity index (χ1n) is 4.86. The topological polar surface area (TPSA) is 113 Å². The highest BCUT2D eigenvalue weighted by Gasteiger charge is 2.45. The third kappa shape index (κ3) is 3.04. The van der Waals surface area contributed by atoms with Crippen molar-refractivity contribution in [3.8, 4) is 0 Å². The van der Waals surface area contributed by atoms with Gasteiger partial charge in [-0.3, -0.25) is 0 Å². The van der Waals surface area contributed by atoms with Crippen LogP contribution in [0.4, 0.5) is 0 Å². The molecule has 7 heteroatoms. The summed E-state index contributed by atoms with van der Waals surface area (Å²) in [4.78, 5) is 21.7. The number of aliphatic hydroxyl groups is 2. The minimum absolute atomic E-state index is 0.425. The molecule has 0 aliphatic heterocycles. The van der Waals surface area contributed by atoms with Crippen LogP contribution in [0, 0.1) is 0 Å². The van der Waals surface area contributed by atoms with E-state index in [9.17, 15) is 9.59 Å². The zero-order valence-corrected chi connectivity index (χ0v) is 9.44. The highest BCUT2D eigenvalue weighted by Crippen LogP contribution is 2.19. The Hall–Kier alpha value is -1.96. The number of ether oxygens (including phenoxy) is 2. The predicted molar refractivity (Wildman–Crippen MR) is 57.1 cm³/mol. The van der Waals surface area contributed by atoms with Gasteiger partial charge in [0, 0.05) is 12.7 Å². The average molecular weight is 256 g/mol. The summed E-state index contributed by atoms with van der Waals surface area (Å²) in [5.74, 6) is -7.47. The van der Waals surface area contributed by atoms with Gasteiger partial charge in [-0.05, 0) is 0 Å². The zero-order valence-electron chi connectivity index (χ0n) is 9.44. The second kappa shape index (κ2) is 5.58. The number of carboxylic acids is 1. The van der Waals surface area contributed by atoms with Gasteiger partial charge in [0.1, 0.15) is 0 Å². The van der Waals surface area contributed by atoms with Gasteiger partial charge in [-0.1, -0.05) is 30.3 Å². The fourth-order valence-electron chi connectivity index (χ4n) is 1.13. The molecule has 0 bridgehead atoms. The molecule has 0 spiro atoms. The molecule has 18 heavy (non-hydrogen) atoms. The van der Waals surface area contributed by atoms with E-state index in [1.54, 1.807) is 30.3 Å². The predicted octanol–water partition coefficient (Wildman–Crippen LogP) is -0.360. The fourth-order valence-corrected chi connectivity index (χ4v) is 1.13. The highest BCUT2D eigenvalue weighted by molar-refractivity contribution is 6.00. The molecule has 0 saturated carbocycles. The maximum absolute atomic E-state index is 11.3. The van der Waals surface area contributed by atoms with E-state index >= 15 is 0 Å². The van der Waals surface area contributed by atoms with Gasteiger partial charge < -0.3 is 24.8 Å². The number of benzene rings is 1. The molecule has 1 aromatic rings. The lowest BCUT2D eigenvalue weighted by atomic mass is 10.2. The van der Waals surface area contributed by atoms with Crippen molar-refractivity contribution in [3.05, 3.63) is 35.9 Å². The summed E-state index contributed by atoms with van der Waals surface area (Å²) in [7, 11) is 1.22. The summed E-state index contributed by atoms with van der Waals surface area (Å²) in [5, 5.41) is 26.4. The van der Waals surface area contributed by atoms with Crippen molar-refractivity contribution in [2.45, 2.75) is 12.1 Å². The second-order valence-electron chi connectivity index (χ2n) is 3.36. The van der Waals surface area contributed by atoms with E-state index < -0.39 is 24.0 Å². The highest BCUT2D eigenvalue weighted by atomic mass is 16.7. The van der Waals surface area contributed by atoms with Gasteiger partial charge in [0.15, 0.2) is 0 Å². The number of carbonyl (C=O) groups excluding carboxylic acids is 1. The van der Waals surface area contributed by atoms with Gasteiger partial charge in [-0.15, -0.1) is 0 Å². The normalized spacial score (nSPS) is 12.8.